The number of hydrogen-bond donors (Lipinski definition) is 1. The summed E-state index contributed by atoms with van der Waals surface area (Å²) in [7, 11) is 0. The number of para-hydroxylation sites is 1. The second-order valence-electron chi connectivity index (χ2n) is 6.38. The van der Waals surface area contributed by atoms with E-state index in [4.69, 9.17) is 9.47 Å². The molecule has 3 rings (SSSR count). The van der Waals surface area contributed by atoms with Crippen LogP contribution in [0.5, 0.6) is 11.5 Å². The molecule has 7 heteroatoms. The van der Waals surface area contributed by atoms with E-state index in [0.717, 1.165) is 27.7 Å². The van der Waals surface area contributed by atoms with Crippen LogP contribution in [-0.2, 0) is 4.79 Å². The highest BCUT2D eigenvalue weighted by molar-refractivity contribution is 9.10. The molecule has 0 radical (unpaired) electrons. The second-order valence-corrected chi connectivity index (χ2v) is 8.26. The lowest BCUT2D eigenvalue weighted by atomic mass is 10.2. The summed E-state index contributed by atoms with van der Waals surface area (Å²) in [6.07, 6.45) is 2.74. The van der Waals surface area contributed by atoms with Crippen molar-refractivity contribution in [3.05, 3.63) is 56.9 Å². The number of aryl methyl sites for hydroxylation is 1. The minimum atomic E-state index is -0.164. The molecule has 152 valence electrons. The van der Waals surface area contributed by atoms with E-state index in [0.29, 0.717) is 34.8 Å². The second kappa shape index (κ2) is 9.98. The third-order valence-corrected chi connectivity index (χ3v) is 5.57. The van der Waals surface area contributed by atoms with Crippen molar-refractivity contribution < 1.29 is 14.3 Å². The van der Waals surface area contributed by atoms with Gasteiger partial charge in [0.15, 0.2) is 16.7 Å². The lowest BCUT2D eigenvalue weighted by Crippen LogP contribution is -2.19. The predicted octanol–water partition coefficient (Wildman–Crippen LogP) is 5.84. The number of amides is 1. The number of carbonyl (C=O) groups excluding carboxylic acids is 1. The average Bonchev–Trinajstić information content (AvgIpc) is 3.02. The lowest BCUT2D eigenvalue weighted by Gasteiger charge is -2.14. The summed E-state index contributed by atoms with van der Waals surface area (Å²) in [4.78, 5) is 17.6. The maximum Gasteiger partial charge on any atom is 0.264 e. The number of thioether (sulfide) groups is 1. The first kappa shape index (κ1) is 21.5. The van der Waals surface area contributed by atoms with E-state index >= 15 is 0 Å². The molecule has 0 aliphatic carbocycles. The number of nitrogens with one attached hydrogen (secondary N) is 1. The van der Waals surface area contributed by atoms with E-state index in [-0.39, 0.29) is 5.91 Å². The van der Waals surface area contributed by atoms with Gasteiger partial charge in [0.25, 0.3) is 5.91 Å². The first-order chi connectivity index (χ1) is 14.0. The lowest BCUT2D eigenvalue weighted by molar-refractivity contribution is -0.115. The molecule has 2 aromatic rings. The zero-order valence-corrected chi connectivity index (χ0v) is 19.0. The fourth-order valence-corrected chi connectivity index (χ4v) is 4.12. The monoisotopic (exact) mass is 474 g/mol. The van der Waals surface area contributed by atoms with Crippen molar-refractivity contribution in [2.45, 2.75) is 27.2 Å². The minimum absolute atomic E-state index is 0.164. The van der Waals surface area contributed by atoms with Crippen molar-refractivity contribution in [1.82, 2.24) is 5.32 Å². The van der Waals surface area contributed by atoms with Gasteiger partial charge in [-0.1, -0.05) is 25.1 Å². The number of rotatable bonds is 7. The van der Waals surface area contributed by atoms with Crippen molar-refractivity contribution in [2.75, 3.05) is 13.2 Å². The quantitative estimate of drug-likeness (QED) is 0.512. The van der Waals surface area contributed by atoms with E-state index in [1.807, 2.05) is 56.3 Å². The molecule has 29 heavy (non-hydrogen) atoms. The van der Waals surface area contributed by atoms with E-state index in [9.17, 15) is 4.79 Å². The smallest absolute Gasteiger partial charge is 0.264 e. The maximum absolute atomic E-state index is 12.4. The molecule has 0 bridgehead atoms. The molecule has 1 N–H and O–H groups in total. The molecule has 1 aliphatic rings. The zero-order valence-electron chi connectivity index (χ0n) is 16.6. The van der Waals surface area contributed by atoms with Gasteiger partial charge in [-0.2, -0.15) is 0 Å². The Balaban J connectivity index is 1.87. The summed E-state index contributed by atoms with van der Waals surface area (Å²) in [5.74, 6) is 1.17. The van der Waals surface area contributed by atoms with Crippen molar-refractivity contribution in [3.63, 3.8) is 0 Å². The van der Waals surface area contributed by atoms with Gasteiger partial charge in [0.1, 0.15) is 0 Å². The summed E-state index contributed by atoms with van der Waals surface area (Å²) >= 11 is 4.88. The van der Waals surface area contributed by atoms with Crippen LogP contribution in [0.2, 0.25) is 0 Å². The maximum atomic E-state index is 12.4. The molecule has 0 spiro atoms. The Morgan fingerprint density at radius 1 is 1.21 bits per heavy atom. The summed E-state index contributed by atoms with van der Waals surface area (Å²) in [6.45, 7) is 7.11. The van der Waals surface area contributed by atoms with Gasteiger partial charge in [0, 0.05) is 0 Å². The molecule has 0 atom stereocenters. The summed E-state index contributed by atoms with van der Waals surface area (Å²) < 4.78 is 12.4. The van der Waals surface area contributed by atoms with Crippen LogP contribution in [0.25, 0.3) is 6.08 Å². The number of hydrogen-bond acceptors (Lipinski definition) is 5. The van der Waals surface area contributed by atoms with E-state index < -0.39 is 0 Å². The largest absolute Gasteiger partial charge is 0.490 e. The van der Waals surface area contributed by atoms with Crippen molar-refractivity contribution in [3.8, 4) is 11.5 Å². The third kappa shape index (κ3) is 5.42. The van der Waals surface area contributed by atoms with Crippen LogP contribution in [0.15, 0.2) is 50.8 Å². The molecule has 5 nitrogen and oxygen atoms in total. The Morgan fingerprint density at radius 3 is 2.72 bits per heavy atom. The Morgan fingerprint density at radius 2 is 2.00 bits per heavy atom. The van der Waals surface area contributed by atoms with Crippen molar-refractivity contribution >= 4 is 50.5 Å². The fraction of sp³-hybridized carbons (Fsp3) is 0.273. The van der Waals surface area contributed by atoms with Crippen LogP contribution in [-0.4, -0.2) is 24.3 Å². The first-order valence-corrected chi connectivity index (χ1v) is 11.1. The SMILES string of the molecule is CCCOc1c(Br)cc(/C=C2\SC(=Nc3ccccc3C)NC2=O)cc1OCC. The molecule has 0 aromatic heterocycles. The molecule has 0 unspecified atom stereocenters. The predicted molar refractivity (Wildman–Crippen MR) is 123 cm³/mol. The normalized spacial score (nSPS) is 16.3. The molecule has 1 amide bonds. The molecule has 2 aromatic carbocycles. The molecular weight excluding hydrogens is 452 g/mol. The number of aliphatic imine (C=N–C) groups is 1. The van der Waals surface area contributed by atoms with Crippen LogP contribution >= 0.6 is 27.7 Å². The zero-order chi connectivity index (χ0) is 20.8. The number of nitrogens with zero attached hydrogens (tertiary/aromatic N) is 1. The van der Waals surface area contributed by atoms with E-state index in [2.05, 4.69) is 33.2 Å². The number of benzene rings is 2. The third-order valence-electron chi connectivity index (χ3n) is 4.07. The highest BCUT2D eigenvalue weighted by atomic mass is 79.9. The van der Waals surface area contributed by atoms with E-state index in [1.165, 1.54) is 11.8 Å². The van der Waals surface area contributed by atoms with Gasteiger partial charge in [-0.3, -0.25) is 4.79 Å². The number of carbonyl (C=O) groups is 1. The standard InChI is InChI=1S/C22H23BrN2O3S/c1-4-10-28-20-16(23)11-15(12-18(20)27-5-2)13-19-21(26)25-22(29-19)24-17-9-7-6-8-14(17)3/h6-9,11-13H,4-5,10H2,1-3H3,(H,24,25,26)/b19-13-. The van der Waals surface area contributed by atoms with Gasteiger partial charge in [0.2, 0.25) is 0 Å². The Labute approximate surface area is 183 Å². The summed E-state index contributed by atoms with van der Waals surface area (Å²) in [5.41, 5.74) is 2.74. The van der Waals surface area contributed by atoms with Crippen LogP contribution in [0.3, 0.4) is 0 Å². The number of halogens is 1. The van der Waals surface area contributed by atoms with Gasteiger partial charge < -0.3 is 14.8 Å². The first-order valence-electron chi connectivity index (χ1n) is 9.46. The number of ether oxygens (including phenoxy) is 2. The average molecular weight is 475 g/mol. The molecule has 1 saturated heterocycles. The van der Waals surface area contributed by atoms with Crippen LogP contribution < -0.4 is 14.8 Å². The summed E-state index contributed by atoms with van der Waals surface area (Å²) in [5, 5.41) is 3.40. The Hall–Kier alpha value is -2.25. The Kier molecular flexibility index (Phi) is 7.39. The topological polar surface area (TPSA) is 59.9 Å². The highest BCUT2D eigenvalue weighted by Crippen LogP contribution is 2.38. The summed E-state index contributed by atoms with van der Waals surface area (Å²) in [6, 6.07) is 11.6. The van der Waals surface area contributed by atoms with Crippen LogP contribution in [0.1, 0.15) is 31.4 Å². The van der Waals surface area contributed by atoms with Crippen molar-refractivity contribution in [1.29, 1.82) is 0 Å². The van der Waals surface area contributed by atoms with Gasteiger partial charge in [-0.25, -0.2) is 4.99 Å². The van der Waals surface area contributed by atoms with Gasteiger partial charge in [-0.05, 0) is 83.4 Å². The minimum Gasteiger partial charge on any atom is -0.490 e. The van der Waals surface area contributed by atoms with Crippen LogP contribution in [0, 0.1) is 6.92 Å². The molecule has 0 saturated carbocycles. The van der Waals surface area contributed by atoms with Crippen molar-refractivity contribution in [2.24, 2.45) is 4.99 Å². The van der Waals surface area contributed by atoms with Gasteiger partial charge in [-0.15, -0.1) is 0 Å². The molecule has 1 fully saturated rings. The van der Waals surface area contributed by atoms with Gasteiger partial charge in [0.05, 0.1) is 28.3 Å². The Bertz CT molecular complexity index is 973. The molecule has 1 aliphatic heterocycles. The number of amidine groups is 1. The van der Waals surface area contributed by atoms with Crippen LogP contribution in [0.4, 0.5) is 5.69 Å². The van der Waals surface area contributed by atoms with E-state index in [1.54, 1.807) is 0 Å². The highest BCUT2D eigenvalue weighted by Gasteiger charge is 2.24. The molecule has 1 heterocycles. The van der Waals surface area contributed by atoms with Gasteiger partial charge >= 0.3 is 0 Å². The molecular formula is C22H23BrN2O3S. The fourth-order valence-electron chi connectivity index (χ4n) is 2.71.